The van der Waals surface area contributed by atoms with Gasteiger partial charge in [-0.2, -0.15) is 0 Å². The lowest BCUT2D eigenvalue weighted by atomic mass is 10.8. The second kappa shape index (κ2) is 3.82. The number of nitrogens with zero attached hydrogens (tertiary/aromatic N) is 2. The molecule has 0 N–H and O–H groups in total. The van der Waals surface area contributed by atoms with Crippen molar-refractivity contribution in [1.29, 1.82) is 0 Å². The zero-order valence-corrected chi connectivity index (χ0v) is 5.33. The number of hydrogen-bond donors (Lipinski definition) is 0. The summed E-state index contributed by atoms with van der Waals surface area (Å²) >= 11 is 0. The number of carbonyl (C=O) groups is 1. The number of esters is 1. The first-order valence-corrected chi connectivity index (χ1v) is 2.34. The van der Waals surface area contributed by atoms with Crippen LogP contribution in [0.5, 0.6) is 0 Å². The van der Waals surface area contributed by atoms with Crippen LogP contribution in [0.25, 0.3) is 0 Å². The number of carbonyl (C=O) groups excluding carboxylic acids is 1. The summed E-state index contributed by atoms with van der Waals surface area (Å²) in [7, 11) is 1.32. The standard InChI is InChI=1S/C4H8N2O3/c1-4(7)9-3-6(8)5-2/h3H2,1-2H3. The Morgan fingerprint density at radius 2 is 2.44 bits per heavy atom. The molecule has 0 atom stereocenters. The van der Waals surface area contributed by atoms with Crippen molar-refractivity contribution < 1.29 is 14.4 Å². The summed E-state index contributed by atoms with van der Waals surface area (Å²) in [5.74, 6) is -0.487. The molecule has 0 fully saturated rings. The third kappa shape index (κ3) is 4.73. The van der Waals surface area contributed by atoms with Crippen molar-refractivity contribution in [1.82, 2.24) is 0 Å². The van der Waals surface area contributed by atoms with Crippen molar-refractivity contribution in [2.45, 2.75) is 6.92 Å². The number of ether oxygens (including phenoxy) is 1. The van der Waals surface area contributed by atoms with Crippen LogP contribution in [0.1, 0.15) is 6.92 Å². The largest absolute Gasteiger partial charge is 0.597 e. The van der Waals surface area contributed by atoms with Gasteiger partial charge in [0.25, 0.3) is 0 Å². The van der Waals surface area contributed by atoms with E-state index in [2.05, 4.69) is 9.85 Å². The quantitative estimate of drug-likeness (QED) is 0.176. The topological polar surface area (TPSA) is 64.7 Å². The fourth-order valence-corrected chi connectivity index (χ4v) is 0.204. The van der Waals surface area contributed by atoms with Gasteiger partial charge in [-0.15, -0.1) is 0 Å². The van der Waals surface area contributed by atoms with E-state index in [-0.39, 0.29) is 11.6 Å². The Balaban J connectivity index is 3.39. The Bertz CT molecular complexity index is 132. The first-order chi connectivity index (χ1) is 4.16. The summed E-state index contributed by atoms with van der Waals surface area (Å²) < 4.78 is 4.28. The third-order valence-corrected chi connectivity index (χ3v) is 0.601. The van der Waals surface area contributed by atoms with E-state index in [1.54, 1.807) is 0 Å². The van der Waals surface area contributed by atoms with Crippen LogP contribution in [0.2, 0.25) is 0 Å². The molecule has 0 heterocycles. The van der Waals surface area contributed by atoms with Crippen molar-refractivity contribution >= 4 is 5.97 Å². The van der Waals surface area contributed by atoms with Gasteiger partial charge >= 0.3 is 12.7 Å². The van der Waals surface area contributed by atoms with E-state index >= 15 is 0 Å². The molecule has 5 nitrogen and oxygen atoms in total. The lowest BCUT2D eigenvalue weighted by Crippen LogP contribution is -2.09. The van der Waals surface area contributed by atoms with Crippen LogP contribution >= 0.6 is 0 Å². The van der Waals surface area contributed by atoms with Gasteiger partial charge in [0.2, 0.25) is 0 Å². The first-order valence-electron chi connectivity index (χ1n) is 2.34. The highest BCUT2D eigenvalue weighted by atomic mass is 16.6. The van der Waals surface area contributed by atoms with Crippen molar-refractivity contribution in [2.75, 3.05) is 13.8 Å². The van der Waals surface area contributed by atoms with Crippen LogP contribution in [-0.4, -0.2) is 24.6 Å². The molecule has 0 aromatic heterocycles. The normalized spacial score (nSPS) is 11.1. The van der Waals surface area contributed by atoms with Gasteiger partial charge in [-0.25, -0.2) is 0 Å². The predicted molar refractivity (Wildman–Crippen MR) is 28.6 cm³/mol. The molecule has 52 valence electrons. The Hall–Kier alpha value is -1.13. The van der Waals surface area contributed by atoms with Crippen molar-refractivity contribution in [2.24, 2.45) is 5.11 Å². The minimum absolute atomic E-state index is 0.279. The monoisotopic (exact) mass is 132 g/mol. The van der Waals surface area contributed by atoms with Crippen LogP contribution in [-0.2, 0) is 9.53 Å². The van der Waals surface area contributed by atoms with Crippen LogP contribution in [0.3, 0.4) is 0 Å². The lowest BCUT2D eigenvalue weighted by Gasteiger charge is -1.97. The molecular formula is C4H8N2O3. The summed E-state index contributed by atoms with van der Waals surface area (Å²) in [5.41, 5.74) is 0. The van der Waals surface area contributed by atoms with E-state index < -0.39 is 5.97 Å². The number of azo groups is 1. The molecule has 0 aromatic rings. The van der Waals surface area contributed by atoms with E-state index in [1.165, 1.54) is 14.0 Å². The molecule has 0 aliphatic heterocycles. The Labute approximate surface area is 52.5 Å². The van der Waals surface area contributed by atoms with Crippen LogP contribution in [0.15, 0.2) is 5.11 Å². The number of hydrogen-bond acceptors (Lipinski definition) is 4. The van der Waals surface area contributed by atoms with E-state index in [9.17, 15) is 10.0 Å². The van der Waals surface area contributed by atoms with Gasteiger partial charge in [-0.1, -0.05) is 4.86 Å². The maximum atomic E-state index is 10.2. The minimum atomic E-state index is -0.487. The van der Waals surface area contributed by atoms with Gasteiger partial charge in [-0.3, -0.25) is 4.79 Å². The van der Waals surface area contributed by atoms with E-state index in [1.807, 2.05) is 0 Å². The molecule has 0 saturated carbocycles. The molecule has 0 radical (unpaired) electrons. The van der Waals surface area contributed by atoms with Crippen molar-refractivity contribution in [3.05, 3.63) is 5.21 Å². The number of rotatable bonds is 2. The van der Waals surface area contributed by atoms with Gasteiger partial charge in [0.05, 0.1) is 7.05 Å². The summed E-state index contributed by atoms with van der Waals surface area (Å²) in [5, 5.41) is 13.4. The maximum Gasteiger partial charge on any atom is 0.325 e. The first kappa shape index (κ1) is 7.87. The molecule has 0 saturated heterocycles. The molecule has 0 aliphatic carbocycles. The zero-order valence-electron chi connectivity index (χ0n) is 5.33. The predicted octanol–water partition coefficient (Wildman–Crippen LogP) is 0.0993. The van der Waals surface area contributed by atoms with Gasteiger partial charge in [0.1, 0.15) is 0 Å². The SMILES string of the molecule is CN=[N+]([O-])COC(C)=O. The summed E-state index contributed by atoms with van der Waals surface area (Å²) in [6, 6.07) is 0. The maximum absolute atomic E-state index is 10.2. The lowest BCUT2D eigenvalue weighted by molar-refractivity contribution is -0.562. The van der Waals surface area contributed by atoms with Crippen molar-refractivity contribution in [3.63, 3.8) is 0 Å². The van der Waals surface area contributed by atoms with Crippen LogP contribution < -0.4 is 0 Å². The summed E-state index contributed by atoms with van der Waals surface area (Å²) in [6.07, 6.45) is 0. The second-order valence-corrected chi connectivity index (χ2v) is 1.32. The molecule has 5 heteroatoms. The fourth-order valence-electron chi connectivity index (χ4n) is 0.204. The Morgan fingerprint density at radius 3 is 2.78 bits per heavy atom. The van der Waals surface area contributed by atoms with E-state index in [0.717, 1.165) is 0 Å². The smallest absolute Gasteiger partial charge is 0.325 e. The molecule has 0 amide bonds. The van der Waals surface area contributed by atoms with Gasteiger partial charge in [-0.05, 0) is 5.11 Å². The number of hydroxylamine groups is 1. The van der Waals surface area contributed by atoms with Gasteiger partial charge < -0.3 is 9.94 Å². The Morgan fingerprint density at radius 1 is 1.89 bits per heavy atom. The van der Waals surface area contributed by atoms with Gasteiger partial charge in [0.15, 0.2) is 0 Å². The molecule has 9 heavy (non-hydrogen) atoms. The van der Waals surface area contributed by atoms with Crippen LogP contribution in [0.4, 0.5) is 0 Å². The van der Waals surface area contributed by atoms with E-state index in [0.29, 0.717) is 0 Å². The highest BCUT2D eigenvalue weighted by Crippen LogP contribution is 1.77. The second-order valence-electron chi connectivity index (χ2n) is 1.32. The average Bonchev–Trinajstić information content (AvgIpc) is 1.83. The summed E-state index contributed by atoms with van der Waals surface area (Å²) in [4.78, 5) is 10.3. The molecule has 0 unspecified atom stereocenters. The average molecular weight is 132 g/mol. The molecule has 0 aromatic carbocycles. The molecule has 0 bridgehead atoms. The van der Waals surface area contributed by atoms with E-state index in [4.69, 9.17) is 0 Å². The van der Waals surface area contributed by atoms with Crippen molar-refractivity contribution in [3.8, 4) is 0 Å². The van der Waals surface area contributed by atoms with Crippen LogP contribution in [0, 0.1) is 5.21 Å². The van der Waals surface area contributed by atoms with Gasteiger partial charge in [0, 0.05) is 6.92 Å². The summed E-state index contributed by atoms with van der Waals surface area (Å²) in [6.45, 7) is 0.898. The fraction of sp³-hybridized carbons (Fsp3) is 0.750. The molecule has 0 rings (SSSR count). The molecule has 0 aliphatic rings. The highest BCUT2D eigenvalue weighted by Gasteiger charge is 1.95. The molecular weight excluding hydrogens is 124 g/mol. The molecule has 0 spiro atoms. The third-order valence-electron chi connectivity index (χ3n) is 0.601. The minimum Gasteiger partial charge on any atom is -0.597 e. The zero-order chi connectivity index (χ0) is 7.28. The Kier molecular flexibility index (Phi) is 3.34. The highest BCUT2D eigenvalue weighted by molar-refractivity contribution is 5.65.